The summed E-state index contributed by atoms with van der Waals surface area (Å²) < 4.78 is 30.8. The van der Waals surface area contributed by atoms with Gasteiger partial charge in [-0.25, -0.2) is 8.42 Å². The largest absolute Gasteiger partial charge is 0.507 e. The van der Waals surface area contributed by atoms with Crippen LogP contribution in [0, 0.1) is 13.8 Å². The quantitative estimate of drug-likeness (QED) is 0.414. The Bertz CT molecular complexity index is 1450. The molecule has 1 fully saturated rings. The minimum atomic E-state index is -3.22. The van der Waals surface area contributed by atoms with Gasteiger partial charge in [0.15, 0.2) is 9.84 Å². The predicted molar refractivity (Wildman–Crippen MR) is 142 cm³/mol. The summed E-state index contributed by atoms with van der Waals surface area (Å²) in [6, 6.07) is 10.4. The molecule has 1 aromatic heterocycles. The number of aromatic amines is 1. The first-order valence-corrected chi connectivity index (χ1v) is 14.7. The van der Waals surface area contributed by atoms with E-state index in [1.165, 1.54) is 0 Å². The van der Waals surface area contributed by atoms with Crippen molar-refractivity contribution in [2.24, 2.45) is 0 Å². The number of aromatic nitrogens is 2. The van der Waals surface area contributed by atoms with Crippen LogP contribution in [0.2, 0.25) is 0 Å². The number of unbranched alkanes of at least 4 members (excludes halogenated alkanes) is 2. The van der Waals surface area contributed by atoms with Crippen LogP contribution in [0.15, 0.2) is 36.4 Å². The minimum Gasteiger partial charge on any atom is -0.507 e. The van der Waals surface area contributed by atoms with Crippen LogP contribution >= 0.6 is 0 Å². The number of sulfone groups is 1. The van der Waals surface area contributed by atoms with Crippen molar-refractivity contribution in [3.05, 3.63) is 64.3 Å². The molecule has 196 valence electrons. The monoisotopic (exact) mass is 523 g/mol. The second kappa shape index (κ2) is 9.85. The molecule has 2 aliphatic heterocycles. The Labute approximate surface area is 217 Å². The normalized spacial score (nSPS) is 20.4. The zero-order valence-corrected chi connectivity index (χ0v) is 22.3. The van der Waals surface area contributed by atoms with Gasteiger partial charge in [-0.1, -0.05) is 38.0 Å². The first-order valence-electron chi connectivity index (χ1n) is 12.8. The summed E-state index contributed by atoms with van der Waals surface area (Å²) >= 11 is 0. The van der Waals surface area contributed by atoms with Gasteiger partial charge in [-0.3, -0.25) is 9.89 Å². The number of rotatable bonds is 8. The number of hydrogen-bond acceptors (Lipinski definition) is 6. The Morgan fingerprint density at radius 3 is 2.73 bits per heavy atom. The molecular formula is C28H33N3O5S. The van der Waals surface area contributed by atoms with Crippen molar-refractivity contribution >= 4 is 15.7 Å². The molecule has 9 heteroatoms. The van der Waals surface area contributed by atoms with Gasteiger partial charge in [-0.2, -0.15) is 5.10 Å². The second-order valence-corrected chi connectivity index (χ2v) is 12.4. The Hall–Kier alpha value is -3.33. The van der Waals surface area contributed by atoms with Crippen LogP contribution in [0.4, 0.5) is 0 Å². The molecule has 2 unspecified atom stereocenters. The number of aromatic hydroxyl groups is 1. The lowest BCUT2D eigenvalue weighted by Gasteiger charge is -2.31. The summed E-state index contributed by atoms with van der Waals surface area (Å²) in [6.45, 7) is 6.52. The van der Waals surface area contributed by atoms with E-state index in [1.807, 2.05) is 50.2 Å². The number of carbonyl (C=O) groups excluding carboxylic acids is 1. The number of phenols is 1. The van der Waals surface area contributed by atoms with Gasteiger partial charge in [0.05, 0.1) is 24.2 Å². The number of phenolic OH excluding ortho intramolecular Hbond substituents is 1. The van der Waals surface area contributed by atoms with E-state index in [2.05, 4.69) is 17.1 Å². The van der Waals surface area contributed by atoms with E-state index in [-0.39, 0.29) is 23.2 Å². The number of aryl methyl sites for hydroxylation is 2. The maximum absolute atomic E-state index is 13.7. The number of carbonyl (C=O) groups is 1. The highest BCUT2D eigenvalue weighted by Gasteiger charge is 2.48. The average molecular weight is 524 g/mol. The lowest BCUT2D eigenvalue weighted by molar-refractivity contribution is 0.0677. The lowest BCUT2D eigenvalue weighted by Crippen LogP contribution is -2.40. The molecule has 0 aliphatic carbocycles. The third-order valence-electron chi connectivity index (χ3n) is 7.30. The van der Waals surface area contributed by atoms with Crippen molar-refractivity contribution in [3.8, 4) is 22.8 Å². The van der Waals surface area contributed by atoms with E-state index in [0.29, 0.717) is 46.9 Å². The van der Waals surface area contributed by atoms with Crippen LogP contribution < -0.4 is 4.74 Å². The van der Waals surface area contributed by atoms with E-state index in [9.17, 15) is 18.3 Å². The van der Waals surface area contributed by atoms with Crippen molar-refractivity contribution in [1.82, 2.24) is 15.1 Å². The molecule has 37 heavy (non-hydrogen) atoms. The molecule has 2 N–H and O–H groups in total. The predicted octanol–water partition coefficient (Wildman–Crippen LogP) is 4.70. The van der Waals surface area contributed by atoms with Gasteiger partial charge in [-0.05, 0) is 61.6 Å². The van der Waals surface area contributed by atoms with E-state index in [4.69, 9.17) is 4.74 Å². The molecule has 0 radical (unpaired) electrons. The molecular weight excluding hydrogens is 490 g/mol. The number of H-pyrrole nitrogens is 1. The standard InChI is InChI=1S/C28H33N3O5S/c1-4-5-6-11-36-21-9-7-8-19(15-21)26-23-24(22-14-17(2)13-18(3)27(22)32)29-30-25(23)28(33)31(26)20-10-12-37(34,35)16-20/h7-9,13-15,20,26,32H,4-6,10-12,16H2,1-3H3,(H,29,30). The van der Waals surface area contributed by atoms with Crippen LogP contribution in [0.3, 0.4) is 0 Å². The summed E-state index contributed by atoms with van der Waals surface area (Å²) in [6.07, 6.45) is 3.53. The van der Waals surface area contributed by atoms with Gasteiger partial charge in [0, 0.05) is 17.2 Å². The van der Waals surface area contributed by atoms with E-state index in [0.717, 1.165) is 30.4 Å². The van der Waals surface area contributed by atoms with Gasteiger partial charge in [0.2, 0.25) is 0 Å². The maximum atomic E-state index is 13.7. The molecule has 1 amide bonds. The van der Waals surface area contributed by atoms with Gasteiger partial charge in [-0.15, -0.1) is 0 Å². The Balaban J connectivity index is 1.62. The highest BCUT2D eigenvalue weighted by molar-refractivity contribution is 7.91. The van der Waals surface area contributed by atoms with Crippen LogP contribution in [0.1, 0.15) is 71.4 Å². The number of fused-ring (bicyclic) bond motifs is 1. The topological polar surface area (TPSA) is 113 Å². The first-order chi connectivity index (χ1) is 17.7. The van der Waals surface area contributed by atoms with E-state index >= 15 is 0 Å². The highest BCUT2D eigenvalue weighted by Crippen LogP contribution is 2.47. The molecule has 3 aromatic rings. The molecule has 2 aromatic carbocycles. The molecule has 2 atom stereocenters. The first kappa shape index (κ1) is 25.3. The second-order valence-electron chi connectivity index (χ2n) is 10.1. The fourth-order valence-corrected chi connectivity index (χ4v) is 7.24. The number of hydrogen-bond donors (Lipinski definition) is 2. The number of amides is 1. The molecule has 0 bridgehead atoms. The Morgan fingerprint density at radius 1 is 1.19 bits per heavy atom. The number of nitrogens with zero attached hydrogens (tertiary/aromatic N) is 2. The zero-order valence-electron chi connectivity index (χ0n) is 21.5. The smallest absolute Gasteiger partial charge is 0.273 e. The van der Waals surface area contributed by atoms with Crippen LogP contribution in [0.5, 0.6) is 11.5 Å². The van der Waals surface area contributed by atoms with Crippen molar-refractivity contribution in [2.75, 3.05) is 18.1 Å². The van der Waals surface area contributed by atoms with Crippen molar-refractivity contribution in [2.45, 2.75) is 58.5 Å². The van der Waals surface area contributed by atoms with Crippen molar-refractivity contribution < 1.29 is 23.1 Å². The van der Waals surface area contributed by atoms with Gasteiger partial charge < -0.3 is 14.7 Å². The molecule has 3 heterocycles. The SMILES string of the molecule is CCCCCOc1cccc(C2c3c(-c4cc(C)cc(C)c4O)n[nH]c3C(=O)N2C2CCS(=O)(=O)C2)c1. The maximum Gasteiger partial charge on any atom is 0.273 e. The fourth-order valence-electron chi connectivity index (χ4n) is 5.53. The fraction of sp³-hybridized carbons (Fsp3) is 0.429. The lowest BCUT2D eigenvalue weighted by atomic mass is 9.93. The number of ether oxygens (including phenoxy) is 1. The third kappa shape index (κ3) is 4.72. The zero-order chi connectivity index (χ0) is 26.3. The van der Waals surface area contributed by atoms with Crippen molar-refractivity contribution in [3.63, 3.8) is 0 Å². The van der Waals surface area contributed by atoms with Crippen LogP contribution in [-0.2, 0) is 9.84 Å². The van der Waals surface area contributed by atoms with Crippen LogP contribution in [0.25, 0.3) is 11.3 Å². The summed E-state index contributed by atoms with van der Waals surface area (Å²) in [7, 11) is -3.22. The Kier molecular flexibility index (Phi) is 6.74. The summed E-state index contributed by atoms with van der Waals surface area (Å²) in [5, 5.41) is 18.3. The number of nitrogens with one attached hydrogen (secondary N) is 1. The average Bonchev–Trinajstić information content (AvgIpc) is 3.52. The van der Waals surface area contributed by atoms with Crippen LogP contribution in [-0.4, -0.2) is 58.7 Å². The highest BCUT2D eigenvalue weighted by atomic mass is 32.2. The molecule has 0 spiro atoms. The van der Waals surface area contributed by atoms with Gasteiger partial charge >= 0.3 is 0 Å². The third-order valence-corrected chi connectivity index (χ3v) is 9.05. The number of benzene rings is 2. The molecule has 2 aliphatic rings. The summed E-state index contributed by atoms with van der Waals surface area (Å²) in [4.78, 5) is 15.4. The molecule has 1 saturated heterocycles. The summed E-state index contributed by atoms with van der Waals surface area (Å²) in [5.41, 5.74) is 4.51. The summed E-state index contributed by atoms with van der Waals surface area (Å²) in [5.74, 6) is 0.531. The van der Waals surface area contributed by atoms with Gasteiger partial charge in [0.1, 0.15) is 22.9 Å². The molecule has 0 saturated carbocycles. The van der Waals surface area contributed by atoms with Crippen molar-refractivity contribution in [1.29, 1.82) is 0 Å². The Morgan fingerprint density at radius 2 is 2.00 bits per heavy atom. The van der Waals surface area contributed by atoms with E-state index in [1.54, 1.807) is 4.90 Å². The molecule has 5 rings (SSSR count). The van der Waals surface area contributed by atoms with E-state index < -0.39 is 21.9 Å². The minimum absolute atomic E-state index is 0.0612. The van der Waals surface area contributed by atoms with Gasteiger partial charge in [0.25, 0.3) is 5.91 Å². The molecule has 8 nitrogen and oxygen atoms in total.